The number of hydrogen-bond donors (Lipinski definition) is 0. The largest absolute Gasteiger partial charge is 0.501 e. The first-order chi connectivity index (χ1) is 11.0. The molecular formula is C15H12BrF2N3O2. The number of hydrogen-bond acceptors (Lipinski definition) is 3. The SMILES string of the molecule is [C-]#[N+]c1c(OC2CC2)cc(OC(F)F)cc1-c1c(Br)cnn1C. The van der Waals surface area contributed by atoms with Crippen molar-refractivity contribution in [2.75, 3.05) is 0 Å². The molecule has 0 radical (unpaired) electrons. The summed E-state index contributed by atoms with van der Waals surface area (Å²) in [6.07, 6.45) is 3.38. The smallest absolute Gasteiger partial charge is 0.387 e. The minimum absolute atomic E-state index is 0.0279. The standard InChI is InChI=1S/C15H12BrF2N3O2/c1-19-13-10(14-11(16)7-20-21(14)2)5-9(23-15(17)18)6-12(13)22-8-3-4-8/h5-8,15H,3-4H2,2H3. The molecule has 1 aliphatic rings. The first kappa shape index (κ1) is 15.7. The van der Waals surface area contributed by atoms with Crippen LogP contribution in [0, 0.1) is 6.57 Å². The third kappa shape index (κ3) is 3.29. The summed E-state index contributed by atoms with van der Waals surface area (Å²) in [5, 5.41) is 4.10. The summed E-state index contributed by atoms with van der Waals surface area (Å²) >= 11 is 3.36. The average Bonchev–Trinajstić information content (AvgIpc) is 3.22. The van der Waals surface area contributed by atoms with E-state index in [4.69, 9.17) is 11.3 Å². The molecule has 0 atom stereocenters. The molecule has 8 heteroatoms. The van der Waals surface area contributed by atoms with Gasteiger partial charge in [0.15, 0.2) is 0 Å². The molecule has 1 aliphatic carbocycles. The zero-order chi connectivity index (χ0) is 16.6. The van der Waals surface area contributed by atoms with E-state index in [1.165, 1.54) is 12.1 Å². The van der Waals surface area contributed by atoms with Gasteiger partial charge >= 0.3 is 6.61 Å². The van der Waals surface area contributed by atoms with Gasteiger partial charge in [-0.05, 0) is 34.8 Å². The Morgan fingerprint density at radius 3 is 2.70 bits per heavy atom. The summed E-state index contributed by atoms with van der Waals surface area (Å²) in [5.74, 6) is 0.204. The fourth-order valence-electron chi connectivity index (χ4n) is 2.22. The molecule has 5 nitrogen and oxygen atoms in total. The van der Waals surface area contributed by atoms with Crippen LogP contribution in [0.25, 0.3) is 16.1 Å². The van der Waals surface area contributed by atoms with E-state index >= 15 is 0 Å². The molecule has 0 aliphatic heterocycles. The second-order valence-corrected chi connectivity index (χ2v) is 5.94. The van der Waals surface area contributed by atoms with Crippen LogP contribution < -0.4 is 9.47 Å². The molecule has 0 spiro atoms. The Labute approximate surface area is 139 Å². The molecule has 3 rings (SSSR count). The molecule has 0 unspecified atom stereocenters. The Kier molecular flexibility index (Phi) is 4.22. The second kappa shape index (κ2) is 6.16. The maximum atomic E-state index is 12.6. The average molecular weight is 384 g/mol. The highest BCUT2D eigenvalue weighted by atomic mass is 79.9. The maximum absolute atomic E-state index is 12.6. The van der Waals surface area contributed by atoms with Crippen LogP contribution >= 0.6 is 15.9 Å². The van der Waals surface area contributed by atoms with Crippen LogP contribution in [0.2, 0.25) is 0 Å². The second-order valence-electron chi connectivity index (χ2n) is 5.09. The number of ether oxygens (including phenoxy) is 2. The normalized spacial score (nSPS) is 13.9. The Morgan fingerprint density at radius 1 is 1.43 bits per heavy atom. The maximum Gasteiger partial charge on any atom is 0.387 e. The summed E-state index contributed by atoms with van der Waals surface area (Å²) in [6, 6.07) is 2.74. The first-order valence-electron chi connectivity index (χ1n) is 6.84. The highest BCUT2D eigenvalue weighted by Crippen LogP contribution is 2.45. The van der Waals surface area contributed by atoms with Crippen molar-refractivity contribution in [1.29, 1.82) is 0 Å². The highest BCUT2D eigenvalue weighted by Gasteiger charge is 2.27. The van der Waals surface area contributed by atoms with Gasteiger partial charge in [0.05, 0.1) is 29.0 Å². The predicted molar refractivity (Wildman–Crippen MR) is 82.9 cm³/mol. The topological polar surface area (TPSA) is 40.6 Å². The zero-order valence-corrected chi connectivity index (χ0v) is 13.7. The van der Waals surface area contributed by atoms with E-state index < -0.39 is 6.61 Å². The number of aromatic nitrogens is 2. The lowest BCUT2D eigenvalue weighted by atomic mass is 10.1. The van der Waals surface area contributed by atoms with Gasteiger partial charge in [-0.2, -0.15) is 13.9 Å². The van der Waals surface area contributed by atoms with E-state index in [0.717, 1.165) is 12.8 Å². The van der Waals surface area contributed by atoms with Crippen LogP contribution in [0.4, 0.5) is 14.5 Å². The molecule has 0 amide bonds. The summed E-state index contributed by atoms with van der Waals surface area (Å²) in [6.45, 7) is 4.50. The lowest BCUT2D eigenvalue weighted by Crippen LogP contribution is -2.04. The van der Waals surface area contributed by atoms with Gasteiger partial charge in [-0.25, -0.2) is 4.85 Å². The summed E-state index contributed by atoms with van der Waals surface area (Å²) in [5.41, 5.74) is 1.28. The molecule has 1 fully saturated rings. The van der Waals surface area contributed by atoms with Gasteiger partial charge in [-0.15, -0.1) is 0 Å². The van der Waals surface area contributed by atoms with Gasteiger partial charge in [0.1, 0.15) is 11.5 Å². The van der Waals surface area contributed by atoms with Crippen LogP contribution in [0.1, 0.15) is 12.8 Å². The molecule has 1 aromatic carbocycles. The van der Waals surface area contributed by atoms with Gasteiger partial charge in [-0.1, -0.05) is 0 Å². The van der Waals surface area contributed by atoms with Crippen LogP contribution in [-0.2, 0) is 7.05 Å². The summed E-state index contributed by atoms with van der Waals surface area (Å²) in [7, 11) is 1.70. The molecular weight excluding hydrogens is 372 g/mol. The van der Waals surface area contributed by atoms with Crippen molar-refractivity contribution in [3.05, 3.63) is 34.2 Å². The number of benzene rings is 1. The lowest BCUT2D eigenvalue weighted by Gasteiger charge is -2.15. The van der Waals surface area contributed by atoms with E-state index in [2.05, 4.69) is 30.6 Å². The minimum atomic E-state index is -2.95. The van der Waals surface area contributed by atoms with Crippen molar-refractivity contribution in [3.63, 3.8) is 0 Å². The highest BCUT2D eigenvalue weighted by molar-refractivity contribution is 9.10. The summed E-state index contributed by atoms with van der Waals surface area (Å²) in [4.78, 5) is 3.53. The molecule has 0 N–H and O–H groups in total. The van der Waals surface area contributed by atoms with Gasteiger partial charge in [-0.3, -0.25) is 4.68 Å². The van der Waals surface area contributed by atoms with Crippen molar-refractivity contribution in [1.82, 2.24) is 9.78 Å². The summed E-state index contributed by atoms with van der Waals surface area (Å²) < 4.78 is 37.6. The van der Waals surface area contributed by atoms with Crippen molar-refractivity contribution < 1.29 is 18.3 Å². The van der Waals surface area contributed by atoms with Crippen LogP contribution in [0.15, 0.2) is 22.8 Å². The Balaban J connectivity index is 2.17. The van der Waals surface area contributed by atoms with Crippen LogP contribution in [-0.4, -0.2) is 22.5 Å². The molecule has 1 heterocycles. The number of halogens is 3. The number of nitrogens with zero attached hydrogens (tertiary/aromatic N) is 3. The van der Waals surface area contributed by atoms with Gasteiger partial charge in [0.25, 0.3) is 0 Å². The molecule has 1 saturated carbocycles. The van der Waals surface area contributed by atoms with Crippen molar-refractivity contribution in [2.24, 2.45) is 7.05 Å². The fraction of sp³-hybridized carbons (Fsp3) is 0.333. The number of alkyl halides is 2. The van der Waals surface area contributed by atoms with Crippen LogP contribution in [0.3, 0.4) is 0 Å². The van der Waals surface area contributed by atoms with E-state index in [1.54, 1.807) is 17.9 Å². The first-order valence-corrected chi connectivity index (χ1v) is 7.63. The Bertz CT molecular complexity index is 762. The molecule has 23 heavy (non-hydrogen) atoms. The van der Waals surface area contributed by atoms with Crippen molar-refractivity contribution >= 4 is 21.6 Å². The van der Waals surface area contributed by atoms with Gasteiger partial charge < -0.3 is 9.47 Å². The molecule has 0 bridgehead atoms. The van der Waals surface area contributed by atoms with Crippen molar-refractivity contribution in [3.8, 4) is 22.8 Å². The predicted octanol–water partition coefficient (Wildman–Crippen LogP) is 4.54. The lowest BCUT2D eigenvalue weighted by molar-refractivity contribution is -0.0499. The van der Waals surface area contributed by atoms with Gasteiger partial charge in [0, 0.05) is 18.7 Å². The monoisotopic (exact) mass is 383 g/mol. The number of rotatable bonds is 5. The molecule has 1 aromatic heterocycles. The van der Waals surface area contributed by atoms with E-state index in [0.29, 0.717) is 15.7 Å². The quantitative estimate of drug-likeness (QED) is 0.711. The van der Waals surface area contributed by atoms with E-state index in [9.17, 15) is 8.78 Å². The molecule has 120 valence electrons. The number of aryl methyl sites for hydroxylation is 1. The third-order valence-corrected chi connectivity index (χ3v) is 3.93. The third-order valence-electron chi connectivity index (χ3n) is 3.35. The Morgan fingerprint density at radius 2 is 2.17 bits per heavy atom. The van der Waals surface area contributed by atoms with E-state index in [1.807, 2.05) is 0 Å². The molecule has 0 saturated heterocycles. The zero-order valence-electron chi connectivity index (χ0n) is 12.1. The Hall–Kier alpha value is -2.14. The fourth-order valence-corrected chi connectivity index (χ4v) is 2.78. The minimum Gasteiger partial charge on any atom is -0.501 e. The van der Waals surface area contributed by atoms with Crippen LogP contribution in [0.5, 0.6) is 11.5 Å². The van der Waals surface area contributed by atoms with Crippen molar-refractivity contribution in [2.45, 2.75) is 25.6 Å². The molecule has 2 aromatic rings. The van der Waals surface area contributed by atoms with Gasteiger partial charge in [0.2, 0.25) is 5.69 Å². The van der Waals surface area contributed by atoms with E-state index in [-0.39, 0.29) is 23.3 Å².